The van der Waals surface area contributed by atoms with E-state index in [4.69, 9.17) is 10.5 Å². The zero-order valence-corrected chi connectivity index (χ0v) is 10.5. The smallest absolute Gasteiger partial charge is 0.119 e. The first-order valence-electron chi connectivity index (χ1n) is 6.37. The Morgan fingerprint density at radius 3 is 2.94 bits per heavy atom. The number of hydrogen-bond acceptors (Lipinski definition) is 2. The van der Waals surface area contributed by atoms with E-state index < -0.39 is 0 Å². The van der Waals surface area contributed by atoms with Gasteiger partial charge in [-0.15, -0.1) is 0 Å². The van der Waals surface area contributed by atoms with Gasteiger partial charge in [0.2, 0.25) is 0 Å². The van der Waals surface area contributed by atoms with E-state index in [0.717, 1.165) is 12.2 Å². The highest BCUT2D eigenvalue weighted by Gasteiger charge is 2.12. The lowest BCUT2D eigenvalue weighted by Gasteiger charge is -2.19. The van der Waals surface area contributed by atoms with Crippen LogP contribution in [0.3, 0.4) is 0 Å². The molecule has 0 fully saturated rings. The van der Waals surface area contributed by atoms with Crippen LogP contribution < -0.4 is 10.5 Å². The van der Waals surface area contributed by atoms with Gasteiger partial charge in [-0.05, 0) is 49.8 Å². The molecule has 0 saturated heterocycles. The molecule has 0 amide bonds. The molecule has 2 rings (SSSR count). The minimum Gasteiger partial charge on any atom is -0.497 e. The molecule has 2 N–H and O–H groups in total. The zero-order valence-electron chi connectivity index (χ0n) is 10.5. The lowest BCUT2D eigenvalue weighted by molar-refractivity contribution is 0.414. The Kier molecular flexibility index (Phi) is 4.21. The highest BCUT2D eigenvalue weighted by atomic mass is 16.5. The molecule has 0 aliphatic heterocycles. The van der Waals surface area contributed by atoms with E-state index in [2.05, 4.69) is 18.2 Å². The van der Waals surface area contributed by atoms with E-state index >= 15 is 0 Å². The zero-order chi connectivity index (χ0) is 12.1. The van der Waals surface area contributed by atoms with Gasteiger partial charge in [0.05, 0.1) is 7.11 Å². The summed E-state index contributed by atoms with van der Waals surface area (Å²) in [6.45, 7) is 0. The third kappa shape index (κ3) is 3.34. The molecule has 0 heterocycles. The van der Waals surface area contributed by atoms with Gasteiger partial charge in [-0.3, -0.25) is 0 Å². The van der Waals surface area contributed by atoms with Gasteiger partial charge in [0.25, 0.3) is 0 Å². The lowest BCUT2D eigenvalue weighted by atomic mass is 9.91. The summed E-state index contributed by atoms with van der Waals surface area (Å²) in [6, 6.07) is 8.35. The maximum atomic E-state index is 6.26. The molecule has 2 heteroatoms. The second-order valence-electron chi connectivity index (χ2n) is 4.69. The average molecular weight is 231 g/mol. The van der Waals surface area contributed by atoms with Crippen molar-refractivity contribution in [1.29, 1.82) is 0 Å². The molecular formula is C15H21NO. The first kappa shape index (κ1) is 12.2. The number of allylic oxidation sites excluding steroid dienone is 1. The summed E-state index contributed by atoms with van der Waals surface area (Å²) < 4.78 is 5.23. The number of nitrogens with two attached hydrogens (primary N) is 1. The number of hydrogen-bond donors (Lipinski definition) is 1. The molecule has 0 saturated carbocycles. The molecule has 2 nitrogen and oxygen atoms in total. The standard InChI is InChI=1S/C15H21NO/c1-17-14-9-5-6-12(10-14)11-15(16)13-7-3-2-4-8-13/h5-7,9-10,15H,2-4,8,11,16H2,1H3. The Morgan fingerprint density at radius 2 is 2.24 bits per heavy atom. The quantitative estimate of drug-likeness (QED) is 0.808. The first-order chi connectivity index (χ1) is 8.29. The van der Waals surface area contributed by atoms with E-state index in [9.17, 15) is 0 Å². The van der Waals surface area contributed by atoms with Crippen LogP contribution in [-0.4, -0.2) is 13.2 Å². The Morgan fingerprint density at radius 1 is 1.35 bits per heavy atom. The predicted molar refractivity (Wildman–Crippen MR) is 71.2 cm³/mol. The minimum absolute atomic E-state index is 0.169. The van der Waals surface area contributed by atoms with Gasteiger partial charge in [-0.25, -0.2) is 0 Å². The normalized spacial score (nSPS) is 17.4. The molecule has 0 bridgehead atoms. The SMILES string of the molecule is COc1cccc(CC(N)C2=CCCCC2)c1. The average Bonchev–Trinajstić information content (AvgIpc) is 2.40. The first-order valence-corrected chi connectivity index (χ1v) is 6.37. The Bertz CT molecular complexity index is 398. The number of benzene rings is 1. The molecule has 0 aromatic heterocycles. The fourth-order valence-corrected chi connectivity index (χ4v) is 2.38. The maximum Gasteiger partial charge on any atom is 0.119 e. The van der Waals surface area contributed by atoms with E-state index in [-0.39, 0.29) is 6.04 Å². The number of rotatable bonds is 4. The van der Waals surface area contributed by atoms with Crippen LogP contribution in [0.4, 0.5) is 0 Å². The van der Waals surface area contributed by atoms with Crippen molar-refractivity contribution in [3.8, 4) is 5.75 Å². The van der Waals surface area contributed by atoms with Crippen molar-refractivity contribution >= 4 is 0 Å². The summed E-state index contributed by atoms with van der Waals surface area (Å²) >= 11 is 0. The maximum absolute atomic E-state index is 6.26. The molecule has 0 spiro atoms. The van der Waals surface area contributed by atoms with E-state index in [1.165, 1.54) is 36.8 Å². The van der Waals surface area contributed by atoms with Crippen LogP contribution >= 0.6 is 0 Å². The van der Waals surface area contributed by atoms with Gasteiger partial charge in [0, 0.05) is 6.04 Å². The van der Waals surface area contributed by atoms with E-state index in [1.54, 1.807) is 7.11 Å². The molecular weight excluding hydrogens is 210 g/mol. The van der Waals surface area contributed by atoms with Gasteiger partial charge in [0.1, 0.15) is 5.75 Å². The van der Waals surface area contributed by atoms with Gasteiger partial charge < -0.3 is 10.5 Å². The van der Waals surface area contributed by atoms with Crippen molar-refractivity contribution in [2.24, 2.45) is 5.73 Å². The topological polar surface area (TPSA) is 35.2 Å². The Hall–Kier alpha value is -1.28. The van der Waals surface area contributed by atoms with Gasteiger partial charge >= 0.3 is 0 Å². The van der Waals surface area contributed by atoms with Crippen LogP contribution in [0.25, 0.3) is 0 Å². The lowest BCUT2D eigenvalue weighted by Crippen LogP contribution is -2.26. The largest absolute Gasteiger partial charge is 0.497 e. The third-order valence-electron chi connectivity index (χ3n) is 3.39. The summed E-state index contributed by atoms with van der Waals surface area (Å²) in [6.07, 6.45) is 8.21. The molecule has 1 unspecified atom stereocenters. The van der Waals surface area contributed by atoms with Crippen molar-refractivity contribution in [2.75, 3.05) is 7.11 Å². The van der Waals surface area contributed by atoms with Crippen LogP contribution in [0, 0.1) is 0 Å². The summed E-state index contributed by atoms with van der Waals surface area (Å²) in [5, 5.41) is 0. The fourth-order valence-electron chi connectivity index (χ4n) is 2.38. The van der Waals surface area contributed by atoms with Gasteiger partial charge in [-0.1, -0.05) is 23.8 Å². The summed E-state index contributed by atoms with van der Waals surface area (Å²) in [5.41, 5.74) is 8.95. The number of ether oxygens (including phenoxy) is 1. The molecule has 1 aromatic rings. The molecule has 0 radical (unpaired) electrons. The molecule has 1 aliphatic rings. The van der Waals surface area contributed by atoms with Crippen molar-refractivity contribution in [3.05, 3.63) is 41.5 Å². The van der Waals surface area contributed by atoms with Crippen LogP contribution in [0.15, 0.2) is 35.9 Å². The Labute approximate surface area is 103 Å². The monoisotopic (exact) mass is 231 g/mol. The molecule has 92 valence electrons. The minimum atomic E-state index is 0.169. The highest BCUT2D eigenvalue weighted by molar-refractivity contribution is 5.30. The number of methoxy groups -OCH3 is 1. The molecule has 1 aromatic carbocycles. The summed E-state index contributed by atoms with van der Waals surface area (Å²) in [5.74, 6) is 0.910. The summed E-state index contributed by atoms with van der Waals surface area (Å²) in [4.78, 5) is 0. The van der Waals surface area contributed by atoms with Crippen LogP contribution in [-0.2, 0) is 6.42 Å². The highest BCUT2D eigenvalue weighted by Crippen LogP contribution is 2.22. The predicted octanol–water partition coefficient (Wildman–Crippen LogP) is 3.07. The van der Waals surface area contributed by atoms with E-state index in [1.807, 2.05) is 12.1 Å². The van der Waals surface area contributed by atoms with Crippen molar-refractivity contribution in [1.82, 2.24) is 0 Å². The van der Waals surface area contributed by atoms with Gasteiger partial charge in [-0.2, -0.15) is 0 Å². The van der Waals surface area contributed by atoms with Gasteiger partial charge in [0.15, 0.2) is 0 Å². The van der Waals surface area contributed by atoms with Crippen LogP contribution in [0.2, 0.25) is 0 Å². The Balaban J connectivity index is 2.01. The summed E-state index contributed by atoms with van der Waals surface area (Å²) in [7, 11) is 1.70. The second kappa shape index (κ2) is 5.87. The second-order valence-corrected chi connectivity index (χ2v) is 4.69. The van der Waals surface area contributed by atoms with E-state index in [0.29, 0.717) is 0 Å². The van der Waals surface area contributed by atoms with Crippen molar-refractivity contribution in [2.45, 2.75) is 38.1 Å². The van der Waals surface area contributed by atoms with Crippen LogP contribution in [0.5, 0.6) is 5.75 Å². The molecule has 1 aliphatic carbocycles. The molecule has 17 heavy (non-hydrogen) atoms. The fraction of sp³-hybridized carbons (Fsp3) is 0.467. The van der Waals surface area contributed by atoms with Crippen molar-refractivity contribution in [3.63, 3.8) is 0 Å². The van der Waals surface area contributed by atoms with Crippen molar-refractivity contribution < 1.29 is 4.74 Å². The third-order valence-corrected chi connectivity index (χ3v) is 3.39. The molecule has 1 atom stereocenters. The van der Waals surface area contributed by atoms with Crippen LogP contribution in [0.1, 0.15) is 31.2 Å².